The number of dihydropyridines is 1. The van der Waals surface area contributed by atoms with Crippen LogP contribution in [0.25, 0.3) is 0 Å². The number of esters is 1. The number of Topliss-reactive ketones (excluding diaryl/α,β-unsaturated/α-hetero) is 1. The van der Waals surface area contributed by atoms with Crippen LogP contribution in [0, 0.1) is 5.41 Å². The molecule has 1 aliphatic carbocycles. The van der Waals surface area contributed by atoms with Crippen LogP contribution in [-0.4, -0.2) is 11.8 Å². The molecule has 2 heterocycles. The van der Waals surface area contributed by atoms with Crippen molar-refractivity contribution < 1.29 is 14.3 Å². The van der Waals surface area contributed by atoms with Gasteiger partial charge in [-0.15, -0.1) is 11.3 Å². The van der Waals surface area contributed by atoms with E-state index in [0.29, 0.717) is 12.0 Å². The smallest absolute Gasteiger partial charge is 0.337 e. The Bertz CT molecular complexity index is 1000. The molecule has 2 aromatic rings. The van der Waals surface area contributed by atoms with Gasteiger partial charge in [0.05, 0.1) is 11.5 Å². The molecule has 2 aliphatic rings. The maximum absolute atomic E-state index is 13.1. The Morgan fingerprint density at radius 3 is 2.62 bits per heavy atom. The van der Waals surface area contributed by atoms with Gasteiger partial charge in [-0.05, 0) is 35.8 Å². The number of carbonyl (C=O) groups excluding carboxylic acids is 2. The van der Waals surface area contributed by atoms with Gasteiger partial charge in [-0.1, -0.05) is 50.2 Å². The van der Waals surface area contributed by atoms with Crippen LogP contribution in [0.15, 0.2) is 70.4 Å². The van der Waals surface area contributed by atoms with E-state index in [1.165, 1.54) is 0 Å². The van der Waals surface area contributed by atoms with Crippen molar-refractivity contribution in [1.29, 1.82) is 0 Å². The minimum Gasteiger partial charge on any atom is -0.457 e. The van der Waals surface area contributed by atoms with E-state index in [-0.39, 0.29) is 29.7 Å². The molecule has 0 amide bonds. The van der Waals surface area contributed by atoms with Crippen LogP contribution in [0.5, 0.6) is 0 Å². The summed E-state index contributed by atoms with van der Waals surface area (Å²) >= 11 is 1.57. The molecule has 4 rings (SSSR count). The molecule has 1 aliphatic heterocycles. The Labute approximate surface area is 175 Å². The van der Waals surface area contributed by atoms with E-state index in [4.69, 9.17) is 4.74 Å². The average Bonchev–Trinajstić information content (AvgIpc) is 3.19. The largest absolute Gasteiger partial charge is 0.457 e. The lowest BCUT2D eigenvalue weighted by molar-refractivity contribution is -0.140. The Hall–Kier alpha value is -2.66. The molecule has 0 bridgehead atoms. The third-order valence-electron chi connectivity index (χ3n) is 5.50. The molecule has 29 heavy (non-hydrogen) atoms. The third-order valence-corrected chi connectivity index (χ3v) is 6.44. The van der Waals surface area contributed by atoms with Crippen molar-refractivity contribution in [2.24, 2.45) is 5.41 Å². The number of ketones is 1. The summed E-state index contributed by atoms with van der Waals surface area (Å²) in [6, 6.07) is 13.6. The van der Waals surface area contributed by atoms with Gasteiger partial charge in [0.15, 0.2) is 5.78 Å². The normalized spacial score (nSPS) is 20.9. The van der Waals surface area contributed by atoms with Crippen LogP contribution in [0.3, 0.4) is 0 Å². The van der Waals surface area contributed by atoms with Gasteiger partial charge in [0, 0.05) is 28.3 Å². The van der Waals surface area contributed by atoms with Gasteiger partial charge < -0.3 is 10.1 Å². The molecule has 0 radical (unpaired) electrons. The van der Waals surface area contributed by atoms with Gasteiger partial charge in [-0.2, -0.15) is 0 Å². The zero-order chi connectivity index (χ0) is 20.6. The minimum absolute atomic E-state index is 0.0888. The van der Waals surface area contributed by atoms with Crippen molar-refractivity contribution in [3.05, 3.63) is 80.8 Å². The number of nitrogens with one attached hydrogen (secondary N) is 1. The first kappa shape index (κ1) is 19.6. The minimum atomic E-state index is -0.374. The summed E-state index contributed by atoms with van der Waals surface area (Å²) in [6.07, 6.45) is 1.28. The fourth-order valence-electron chi connectivity index (χ4n) is 4.25. The molecular formula is C24H25NO3S. The molecule has 0 unspecified atom stereocenters. The van der Waals surface area contributed by atoms with Crippen molar-refractivity contribution in [2.75, 3.05) is 0 Å². The molecule has 1 aromatic carbocycles. The second-order valence-corrected chi connectivity index (χ2v) is 9.49. The fraction of sp³-hybridized carbons (Fsp3) is 0.333. The number of allylic oxidation sites excluding steroid dienone is 3. The molecule has 5 heteroatoms. The van der Waals surface area contributed by atoms with Crippen molar-refractivity contribution >= 4 is 23.1 Å². The standard InChI is InChI=1S/C24H25NO3S/c1-15-20(23(27)28-14-16-8-5-4-6-9-16)22(19-10-7-11-29-19)21-17(25-15)12-24(2,3)13-18(21)26/h4-11,22,25H,12-14H2,1-3H3/t22-/m1/s1. The van der Waals surface area contributed by atoms with Gasteiger partial charge in [0.2, 0.25) is 0 Å². The zero-order valence-electron chi connectivity index (χ0n) is 17.0. The zero-order valence-corrected chi connectivity index (χ0v) is 17.8. The predicted octanol–water partition coefficient (Wildman–Crippen LogP) is 5.10. The van der Waals surface area contributed by atoms with E-state index in [1.54, 1.807) is 11.3 Å². The van der Waals surface area contributed by atoms with Crippen LogP contribution >= 0.6 is 11.3 Å². The molecular weight excluding hydrogens is 382 g/mol. The molecule has 150 valence electrons. The third kappa shape index (κ3) is 3.92. The molecule has 1 aromatic heterocycles. The highest BCUT2D eigenvalue weighted by atomic mass is 32.1. The van der Waals surface area contributed by atoms with Crippen LogP contribution in [0.1, 0.15) is 50.0 Å². The van der Waals surface area contributed by atoms with Crippen LogP contribution in [0.2, 0.25) is 0 Å². The summed E-state index contributed by atoms with van der Waals surface area (Å²) in [7, 11) is 0. The first-order chi connectivity index (χ1) is 13.9. The summed E-state index contributed by atoms with van der Waals surface area (Å²) < 4.78 is 5.66. The maximum Gasteiger partial charge on any atom is 0.337 e. The van der Waals surface area contributed by atoms with Gasteiger partial charge in [0.25, 0.3) is 0 Å². The van der Waals surface area contributed by atoms with E-state index in [2.05, 4.69) is 19.2 Å². The second-order valence-electron chi connectivity index (χ2n) is 8.51. The summed E-state index contributed by atoms with van der Waals surface area (Å²) in [5, 5.41) is 5.35. The molecule has 0 saturated carbocycles. The fourth-order valence-corrected chi connectivity index (χ4v) is 5.09. The van der Waals surface area contributed by atoms with E-state index in [9.17, 15) is 9.59 Å². The number of carbonyl (C=O) groups is 2. The lowest BCUT2D eigenvalue weighted by Gasteiger charge is -2.39. The van der Waals surface area contributed by atoms with E-state index in [1.807, 2.05) is 54.8 Å². The molecule has 4 nitrogen and oxygen atoms in total. The molecule has 1 atom stereocenters. The SMILES string of the molecule is CC1=C(C(=O)OCc2ccccc2)[C@@H](c2cccs2)C2=C(CC(C)(C)CC2=O)N1. The van der Waals surface area contributed by atoms with E-state index >= 15 is 0 Å². The highest BCUT2D eigenvalue weighted by Crippen LogP contribution is 2.47. The summed E-state index contributed by atoms with van der Waals surface area (Å²) in [5.41, 5.74) is 3.83. The first-order valence-electron chi connectivity index (χ1n) is 9.84. The topological polar surface area (TPSA) is 55.4 Å². The molecule has 0 saturated heterocycles. The van der Waals surface area contributed by atoms with Crippen molar-refractivity contribution in [3.8, 4) is 0 Å². The number of thiophene rings is 1. The lowest BCUT2D eigenvalue weighted by atomic mass is 9.70. The van der Waals surface area contributed by atoms with Gasteiger partial charge in [-0.3, -0.25) is 4.79 Å². The molecule has 0 fully saturated rings. The first-order valence-corrected chi connectivity index (χ1v) is 10.7. The quantitative estimate of drug-likeness (QED) is 0.717. The number of rotatable bonds is 4. The van der Waals surface area contributed by atoms with Gasteiger partial charge in [-0.25, -0.2) is 4.79 Å². The monoisotopic (exact) mass is 407 g/mol. The number of hydrogen-bond acceptors (Lipinski definition) is 5. The lowest BCUT2D eigenvalue weighted by Crippen LogP contribution is -2.38. The highest BCUT2D eigenvalue weighted by Gasteiger charge is 2.43. The molecule has 1 N–H and O–H groups in total. The Kier molecular flexibility index (Phi) is 5.17. The van der Waals surface area contributed by atoms with Gasteiger partial charge in [0.1, 0.15) is 6.61 Å². The number of benzene rings is 1. The Balaban J connectivity index is 1.69. The summed E-state index contributed by atoms with van der Waals surface area (Å²) in [5.74, 6) is -0.623. The van der Waals surface area contributed by atoms with Crippen molar-refractivity contribution in [3.63, 3.8) is 0 Å². The van der Waals surface area contributed by atoms with Crippen LogP contribution in [0.4, 0.5) is 0 Å². The van der Waals surface area contributed by atoms with Crippen LogP contribution in [-0.2, 0) is 20.9 Å². The highest BCUT2D eigenvalue weighted by molar-refractivity contribution is 7.10. The number of hydrogen-bond donors (Lipinski definition) is 1. The maximum atomic E-state index is 13.1. The second kappa shape index (κ2) is 7.64. The Morgan fingerprint density at radius 2 is 1.93 bits per heavy atom. The van der Waals surface area contributed by atoms with Crippen LogP contribution < -0.4 is 5.32 Å². The summed E-state index contributed by atoms with van der Waals surface area (Å²) in [4.78, 5) is 27.3. The summed E-state index contributed by atoms with van der Waals surface area (Å²) in [6.45, 7) is 6.33. The van der Waals surface area contributed by atoms with Crippen molar-refractivity contribution in [2.45, 2.75) is 46.1 Å². The van der Waals surface area contributed by atoms with Crippen molar-refractivity contribution in [1.82, 2.24) is 5.32 Å². The number of ether oxygens (including phenoxy) is 1. The Morgan fingerprint density at radius 1 is 1.17 bits per heavy atom. The van der Waals surface area contributed by atoms with Gasteiger partial charge >= 0.3 is 5.97 Å². The molecule has 0 spiro atoms. The predicted molar refractivity (Wildman–Crippen MR) is 114 cm³/mol. The van der Waals surface area contributed by atoms with E-state index < -0.39 is 0 Å². The average molecular weight is 408 g/mol. The van der Waals surface area contributed by atoms with E-state index in [0.717, 1.165) is 33.8 Å².